The third kappa shape index (κ3) is 6.22. The summed E-state index contributed by atoms with van der Waals surface area (Å²) < 4.78 is 18.4. The molecule has 0 aromatic heterocycles. The zero-order valence-electron chi connectivity index (χ0n) is 11.2. The molecule has 2 nitrogen and oxygen atoms in total. The molecule has 102 valence electrons. The van der Waals surface area contributed by atoms with Crippen molar-refractivity contribution in [3.63, 3.8) is 0 Å². The largest absolute Gasteiger partial charge is 0.494 e. The molecule has 0 aliphatic carbocycles. The number of hydrogen-bond acceptors (Lipinski definition) is 2. The molecule has 4 heteroatoms. The molecule has 18 heavy (non-hydrogen) atoms. The summed E-state index contributed by atoms with van der Waals surface area (Å²) in [5, 5.41) is 3.51. The van der Waals surface area contributed by atoms with Crippen LogP contribution in [0.1, 0.15) is 33.6 Å². The van der Waals surface area contributed by atoms with Gasteiger partial charge in [0.1, 0.15) is 11.6 Å². The molecule has 0 amide bonds. The highest BCUT2D eigenvalue weighted by Gasteiger charge is 2.07. The van der Waals surface area contributed by atoms with E-state index in [2.05, 4.69) is 26.1 Å². The molecule has 0 heterocycles. The molecule has 0 aliphatic heterocycles. The number of ether oxygens (including phenoxy) is 1. The Balaban J connectivity index is 2.16. The van der Waals surface area contributed by atoms with Gasteiger partial charge in [-0.25, -0.2) is 4.39 Å². The number of unbranched alkanes of at least 4 members (excludes halogenated alkanes) is 1. The molecule has 0 aliphatic rings. The van der Waals surface area contributed by atoms with E-state index in [1.54, 1.807) is 6.07 Å². The van der Waals surface area contributed by atoms with E-state index in [1.807, 2.05) is 0 Å². The molecule has 0 unspecified atom stereocenters. The van der Waals surface area contributed by atoms with Crippen LogP contribution in [-0.2, 0) is 0 Å². The van der Waals surface area contributed by atoms with Gasteiger partial charge in [0.25, 0.3) is 0 Å². The Morgan fingerprint density at radius 1 is 1.28 bits per heavy atom. The van der Waals surface area contributed by atoms with Crippen LogP contribution in [0.25, 0.3) is 0 Å². The Labute approximate surface area is 113 Å². The van der Waals surface area contributed by atoms with E-state index in [0.717, 1.165) is 19.4 Å². The van der Waals surface area contributed by atoms with Crippen LogP contribution in [-0.4, -0.2) is 18.7 Å². The van der Waals surface area contributed by atoms with E-state index in [4.69, 9.17) is 16.3 Å². The summed E-state index contributed by atoms with van der Waals surface area (Å²) in [5.74, 6) is 0.198. The maximum atomic E-state index is 12.9. The van der Waals surface area contributed by atoms with Crippen LogP contribution in [0.5, 0.6) is 5.75 Å². The van der Waals surface area contributed by atoms with Crippen LogP contribution in [0.2, 0.25) is 5.02 Å². The fraction of sp³-hybridized carbons (Fsp3) is 0.571. The minimum absolute atomic E-state index is 0.0990. The molecule has 0 spiro atoms. The topological polar surface area (TPSA) is 21.3 Å². The maximum Gasteiger partial charge on any atom is 0.142 e. The molecule has 1 N–H and O–H groups in total. The van der Waals surface area contributed by atoms with Crippen molar-refractivity contribution < 1.29 is 9.13 Å². The van der Waals surface area contributed by atoms with Crippen molar-refractivity contribution in [2.75, 3.05) is 13.2 Å². The SMILES string of the molecule is CC(C)(C)NCCCCOc1ccc(F)c(Cl)c1. The van der Waals surface area contributed by atoms with Gasteiger partial charge in [-0.05, 0) is 52.3 Å². The minimum Gasteiger partial charge on any atom is -0.494 e. The zero-order valence-corrected chi connectivity index (χ0v) is 12.0. The summed E-state index contributed by atoms with van der Waals surface area (Å²) in [4.78, 5) is 0. The Hall–Kier alpha value is -0.800. The summed E-state index contributed by atoms with van der Waals surface area (Å²) in [5.41, 5.74) is 0.158. The summed E-state index contributed by atoms with van der Waals surface area (Å²) in [6, 6.07) is 4.41. The van der Waals surface area contributed by atoms with Gasteiger partial charge in [-0.3, -0.25) is 0 Å². The number of rotatable bonds is 6. The third-order valence-electron chi connectivity index (χ3n) is 2.39. The first-order chi connectivity index (χ1) is 8.38. The van der Waals surface area contributed by atoms with Crippen molar-refractivity contribution in [3.8, 4) is 5.75 Å². The van der Waals surface area contributed by atoms with Crippen LogP contribution in [0.4, 0.5) is 4.39 Å². The van der Waals surface area contributed by atoms with Gasteiger partial charge in [0, 0.05) is 11.6 Å². The van der Waals surface area contributed by atoms with Crippen molar-refractivity contribution in [2.45, 2.75) is 39.2 Å². The fourth-order valence-electron chi connectivity index (χ4n) is 1.45. The maximum absolute atomic E-state index is 12.9. The van der Waals surface area contributed by atoms with Gasteiger partial charge in [0.2, 0.25) is 0 Å². The first kappa shape index (κ1) is 15.3. The summed E-state index contributed by atoms with van der Waals surface area (Å²) in [7, 11) is 0. The molecule has 1 aromatic rings. The predicted molar refractivity (Wildman–Crippen MR) is 73.9 cm³/mol. The zero-order chi connectivity index (χ0) is 13.6. The highest BCUT2D eigenvalue weighted by molar-refractivity contribution is 6.30. The first-order valence-corrected chi connectivity index (χ1v) is 6.59. The lowest BCUT2D eigenvalue weighted by Crippen LogP contribution is -2.36. The second-order valence-electron chi connectivity index (χ2n) is 5.31. The number of hydrogen-bond donors (Lipinski definition) is 1. The van der Waals surface area contributed by atoms with Crippen molar-refractivity contribution in [3.05, 3.63) is 29.0 Å². The van der Waals surface area contributed by atoms with Crippen molar-refractivity contribution >= 4 is 11.6 Å². The second-order valence-corrected chi connectivity index (χ2v) is 5.72. The average molecular weight is 274 g/mol. The molecule has 1 aromatic carbocycles. The summed E-state index contributed by atoms with van der Waals surface area (Å²) >= 11 is 5.66. The van der Waals surface area contributed by atoms with E-state index in [9.17, 15) is 4.39 Å². The van der Waals surface area contributed by atoms with Crippen molar-refractivity contribution in [2.24, 2.45) is 0 Å². The van der Waals surface area contributed by atoms with Crippen molar-refractivity contribution in [1.82, 2.24) is 5.32 Å². The van der Waals surface area contributed by atoms with Gasteiger partial charge in [0.05, 0.1) is 11.6 Å². The molecule has 0 atom stereocenters. The summed E-state index contributed by atoms with van der Waals surface area (Å²) in [6.07, 6.45) is 2.00. The first-order valence-electron chi connectivity index (χ1n) is 6.21. The monoisotopic (exact) mass is 273 g/mol. The predicted octanol–water partition coefficient (Wildman–Crippen LogP) is 4.03. The highest BCUT2D eigenvalue weighted by Crippen LogP contribution is 2.21. The van der Waals surface area contributed by atoms with Crippen LogP contribution in [0.15, 0.2) is 18.2 Å². The van der Waals surface area contributed by atoms with Gasteiger partial charge < -0.3 is 10.1 Å². The summed E-state index contributed by atoms with van der Waals surface area (Å²) in [6.45, 7) is 8.02. The standard InChI is InChI=1S/C14H21ClFNO/c1-14(2,3)17-8-4-5-9-18-11-6-7-13(16)12(15)10-11/h6-7,10,17H,4-5,8-9H2,1-3H3. The normalized spacial score (nSPS) is 11.6. The van der Waals surface area contributed by atoms with E-state index in [0.29, 0.717) is 12.4 Å². The van der Waals surface area contributed by atoms with Crippen LogP contribution >= 0.6 is 11.6 Å². The van der Waals surface area contributed by atoms with Gasteiger partial charge in [-0.15, -0.1) is 0 Å². The van der Waals surface area contributed by atoms with E-state index in [-0.39, 0.29) is 10.6 Å². The highest BCUT2D eigenvalue weighted by atomic mass is 35.5. The lowest BCUT2D eigenvalue weighted by Gasteiger charge is -2.20. The Kier molecular flexibility index (Phi) is 5.89. The molecular weight excluding hydrogens is 253 g/mol. The molecule has 0 fully saturated rings. The van der Waals surface area contributed by atoms with E-state index in [1.165, 1.54) is 12.1 Å². The van der Waals surface area contributed by atoms with Crippen LogP contribution in [0, 0.1) is 5.82 Å². The lowest BCUT2D eigenvalue weighted by atomic mass is 10.1. The van der Waals surface area contributed by atoms with Crippen LogP contribution < -0.4 is 10.1 Å². The second kappa shape index (κ2) is 6.95. The van der Waals surface area contributed by atoms with Gasteiger partial charge in [-0.2, -0.15) is 0 Å². The lowest BCUT2D eigenvalue weighted by molar-refractivity contribution is 0.301. The molecular formula is C14H21ClFNO. The van der Waals surface area contributed by atoms with Gasteiger partial charge >= 0.3 is 0 Å². The average Bonchev–Trinajstić information content (AvgIpc) is 2.26. The molecule has 0 saturated carbocycles. The van der Waals surface area contributed by atoms with Crippen molar-refractivity contribution in [1.29, 1.82) is 0 Å². The third-order valence-corrected chi connectivity index (χ3v) is 2.68. The Morgan fingerprint density at radius 3 is 2.61 bits per heavy atom. The fourth-order valence-corrected chi connectivity index (χ4v) is 1.62. The van der Waals surface area contributed by atoms with Gasteiger partial charge in [-0.1, -0.05) is 11.6 Å². The Morgan fingerprint density at radius 2 is 2.00 bits per heavy atom. The number of benzene rings is 1. The van der Waals surface area contributed by atoms with E-state index >= 15 is 0 Å². The smallest absolute Gasteiger partial charge is 0.142 e. The minimum atomic E-state index is -0.418. The molecule has 0 bridgehead atoms. The number of nitrogens with one attached hydrogen (secondary N) is 1. The molecule has 0 saturated heterocycles. The van der Waals surface area contributed by atoms with E-state index < -0.39 is 5.82 Å². The molecule has 0 radical (unpaired) electrons. The molecule has 1 rings (SSSR count). The van der Waals surface area contributed by atoms with Crippen LogP contribution in [0.3, 0.4) is 0 Å². The quantitative estimate of drug-likeness (QED) is 0.790. The van der Waals surface area contributed by atoms with Gasteiger partial charge in [0.15, 0.2) is 0 Å². The Bertz CT molecular complexity index is 377. The number of halogens is 2.